The number of benzene rings is 1. The molecular formula is C20H24N6O3. The number of nitrogens with one attached hydrogen (secondary N) is 1. The number of carbonyl (C=O) groups is 1. The number of aryl methyl sites for hydroxylation is 2. The number of hydrogen-bond acceptors (Lipinski definition) is 5. The summed E-state index contributed by atoms with van der Waals surface area (Å²) in [7, 11) is 0. The van der Waals surface area contributed by atoms with E-state index in [0.717, 1.165) is 17.8 Å². The third-order valence-electron chi connectivity index (χ3n) is 4.91. The fourth-order valence-corrected chi connectivity index (χ4v) is 3.37. The van der Waals surface area contributed by atoms with E-state index >= 15 is 0 Å². The number of nitro groups is 1. The van der Waals surface area contributed by atoms with Gasteiger partial charge in [0, 0.05) is 18.3 Å². The van der Waals surface area contributed by atoms with Crippen molar-refractivity contribution in [2.75, 3.05) is 0 Å². The lowest BCUT2D eigenvalue weighted by Gasteiger charge is -2.15. The first-order valence-corrected chi connectivity index (χ1v) is 9.41. The summed E-state index contributed by atoms with van der Waals surface area (Å²) >= 11 is 0. The predicted octanol–water partition coefficient (Wildman–Crippen LogP) is 3.16. The molecule has 1 unspecified atom stereocenters. The number of aromatic nitrogens is 4. The standard InChI is InChI=1S/C20H24N6O3/c1-5-24-18(10-11-21-24)13(2)22-20(27)17-8-6-16(7-9-17)12-25-15(4)19(26(28)29)14(3)23-25/h6-11,13H,5,12H2,1-4H3,(H,22,27). The number of carbonyl (C=O) groups excluding carboxylic acids is 1. The van der Waals surface area contributed by atoms with Crippen LogP contribution in [0.15, 0.2) is 36.5 Å². The highest BCUT2D eigenvalue weighted by molar-refractivity contribution is 5.94. The molecule has 0 aliphatic carbocycles. The molecule has 0 radical (unpaired) electrons. The minimum absolute atomic E-state index is 0.0429. The van der Waals surface area contributed by atoms with E-state index in [4.69, 9.17) is 0 Å². The number of hydrogen-bond donors (Lipinski definition) is 1. The van der Waals surface area contributed by atoms with Crippen LogP contribution in [-0.4, -0.2) is 30.4 Å². The third kappa shape index (κ3) is 4.18. The first kappa shape index (κ1) is 20.2. The number of nitrogens with zero attached hydrogens (tertiary/aromatic N) is 5. The first-order valence-electron chi connectivity index (χ1n) is 9.41. The molecule has 0 bridgehead atoms. The van der Waals surface area contributed by atoms with Crippen LogP contribution in [0.3, 0.4) is 0 Å². The maximum atomic E-state index is 12.6. The number of rotatable bonds is 7. The van der Waals surface area contributed by atoms with Gasteiger partial charge in [-0.15, -0.1) is 0 Å². The van der Waals surface area contributed by atoms with Gasteiger partial charge in [-0.3, -0.25) is 24.3 Å². The minimum atomic E-state index is -0.409. The Kier molecular flexibility index (Phi) is 5.76. The van der Waals surface area contributed by atoms with Gasteiger partial charge in [-0.2, -0.15) is 10.2 Å². The van der Waals surface area contributed by atoms with E-state index in [9.17, 15) is 14.9 Å². The molecular weight excluding hydrogens is 372 g/mol. The van der Waals surface area contributed by atoms with E-state index in [0.29, 0.717) is 23.5 Å². The van der Waals surface area contributed by atoms with Gasteiger partial charge in [0.25, 0.3) is 5.91 Å². The summed E-state index contributed by atoms with van der Waals surface area (Å²) in [5.74, 6) is -0.172. The Labute approximate surface area is 168 Å². The van der Waals surface area contributed by atoms with Crippen molar-refractivity contribution in [3.63, 3.8) is 0 Å². The van der Waals surface area contributed by atoms with Crippen LogP contribution in [0.4, 0.5) is 5.69 Å². The highest BCUT2D eigenvalue weighted by atomic mass is 16.6. The minimum Gasteiger partial charge on any atom is -0.344 e. The molecule has 0 saturated carbocycles. The lowest BCUT2D eigenvalue weighted by molar-refractivity contribution is -0.386. The molecule has 152 valence electrons. The summed E-state index contributed by atoms with van der Waals surface area (Å²) in [6, 6.07) is 8.88. The lowest BCUT2D eigenvalue weighted by Crippen LogP contribution is -2.28. The van der Waals surface area contributed by atoms with Crippen molar-refractivity contribution in [3.8, 4) is 0 Å². The van der Waals surface area contributed by atoms with Crippen molar-refractivity contribution >= 4 is 11.6 Å². The molecule has 1 atom stereocenters. The molecule has 29 heavy (non-hydrogen) atoms. The van der Waals surface area contributed by atoms with Crippen LogP contribution in [-0.2, 0) is 13.1 Å². The van der Waals surface area contributed by atoms with Gasteiger partial charge in [0.05, 0.1) is 23.2 Å². The molecule has 0 aliphatic rings. The predicted molar refractivity (Wildman–Crippen MR) is 108 cm³/mol. The molecule has 3 rings (SSSR count). The Hall–Kier alpha value is -3.49. The van der Waals surface area contributed by atoms with Crippen molar-refractivity contribution in [1.29, 1.82) is 0 Å². The van der Waals surface area contributed by atoms with Crippen molar-refractivity contribution in [2.45, 2.75) is 46.8 Å². The van der Waals surface area contributed by atoms with Crippen LogP contribution in [0.2, 0.25) is 0 Å². The van der Waals surface area contributed by atoms with Crippen LogP contribution in [0, 0.1) is 24.0 Å². The molecule has 0 saturated heterocycles. The molecule has 9 heteroatoms. The molecule has 0 fully saturated rings. The molecule has 0 aliphatic heterocycles. The second-order valence-corrected chi connectivity index (χ2v) is 6.90. The highest BCUT2D eigenvalue weighted by Crippen LogP contribution is 2.22. The van der Waals surface area contributed by atoms with E-state index in [2.05, 4.69) is 15.5 Å². The van der Waals surface area contributed by atoms with E-state index in [1.807, 2.05) is 36.7 Å². The Morgan fingerprint density at radius 3 is 2.48 bits per heavy atom. The monoisotopic (exact) mass is 396 g/mol. The quantitative estimate of drug-likeness (QED) is 0.487. The average molecular weight is 396 g/mol. The Balaban J connectivity index is 1.69. The Morgan fingerprint density at radius 2 is 1.90 bits per heavy atom. The largest absolute Gasteiger partial charge is 0.344 e. The van der Waals surface area contributed by atoms with Crippen molar-refractivity contribution in [2.24, 2.45) is 0 Å². The van der Waals surface area contributed by atoms with E-state index in [1.54, 1.807) is 36.9 Å². The Morgan fingerprint density at radius 1 is 1.21 bits per heavy atom. The molecule has 2 heterocycles. The summed E-state index contributed by atoms with van der Waals surface area (Å²) in [4.78, 5) is 23.3. The van der Waals surface area contributed by atoms with Gasteiger partial charge in [0.15, 0.2) is 0 Å². The molecule has 0 spiro atoms. The van der Waals surface area contributed by atoms with Crippen molar-refractivity contribution in [1.82, 2.24) is 24.9 Å². The van der Waals surface area contributed by atoms with Crippen LogP contribution < -0.4 is 5.32 Å². The van der Waals surface area contributed by atoms with Gasteiger partial charge in [-0.25, -0.2) is 0 Å². The summed E-state index contributed by atoms with van der Waals surface area (Å²) in [6.45, 7) is 8.37. The van der Waals surface area contributed by atoms with Gasteiger partial charge >= 0.3 is 5.69 Å². The van der Waals surface area contributed by atoms with Gasteiger partial charge in [0.1, 0.15) is 11.4 Å². The fourth-order valence-electron chi connectivity index (χ4n) is 3.37. The van der Waals surface area contributed by atoms with Crippen molar-refractivity contribution < 1.29 is 9.72 Å². The topological polar surface area (TPSA) is 108 Å². The second-order valence-electron chi connectivity index (χ2n) is 6.90. The van der Waals surface area contributed by atoms with Gasteiger partial charge < -0.3 is 5.32 Å². The van der Waals surface area contributed by atoms with E-state index < -0.39 is 4.92 Å². The molecule has 1 N–H and O–H groups in total. The molecule has 9 nitrogen and oxygen atoms in total. The average Bonchev–Trinajstić information content (AvgIpc) is 3.26. The molecule has 1 aromatic carbocycles. The van der Waals surface area contributed by atoms with Crippen LogP contribution in [0.5, 0.6) is 0 Å². The van der Waals surface area contributed by atoms with Gasteiger partial charge in [-0.05, 0) is 51.5 Å². The molecule has 3 aromatic rings. The van der Waals surface area contributed by atoms with Crippen LogP contribution in [0.1, 0.15) is 52.9 Å². The smallest absolute Gasteiger partial charge is 0.312 e. The molecule has 1 amide bonds. The van der Waals surface area contributed by atoms with Crippen LogP contribution in [0.25, 0.3) is 0 Å². The zero-order valence-corrected chi connectivity index (χ0v) is 16.9. The first-order chi connectivity index (χ1) is 13.8. The molecule has 2 aromatic heterocycles. The SMILES string of the molecule is CCn1nccc1C(C)NC(=O)c1ccc(Cn2nc(C)c([N+](=O)[O-])c2C)cc1. The zero-order chi connectivity index (χ0) is 21.1. The lowest BCUT2D eigenvalue weighted by atomic mass is 10.1. The van der Waals surface area contributed by atoms with Gasteiger partial charge in [-0.1, -0.05) is 12.1 Å². The van der Waals surface area contributed by atoms with E-state index in [1.165, 1.54) is 0 Å². The third-order valence-corrected chi connectivity index (χ3v) is 4.91. The van der Waals surface area contributed by atoms with Gasteiger partial charge in [0.2, 0.25) is 0 Å². The van der Waals surface area contributed by atoms with E-state index in [-0.39, 0.29) is 17.6 Å². The Bertz CT molecular complexity index is 1040. The van der Waals surface area contributed by atoms with Crippen molar-refractivity contribution in [3.05, 3.63) is 74.9 Å². The summed E-state index contributed by atoms with van der Waals surface area (Å²) in [5, 5.41) is 22.6. The zero-order valence-electron chi connectivity index (χ0n) is 16.9. The number of amides is 1. The summed E-state index contributed by atoms with van der Waals surface area (Å²) in [5.41, 5.74) is 3.34. The highest BCUT2D eigenvalue weighted by Gasteiger charge is 2.21. The second kappa shape index (κ2) is 8.26. The summed E-state index contributed by atoms with van der Waals surface area (Å²) in [6.07, 6.45) is 1.72. The maximum Gasteiger partial charge on any atom is 0.312 e. The normalized spacial score (nSPS) is 12.0. The van der Waals surface area contributed by atoms with Crippen LogP contribution >= 0.6 is 0 Å². The summed E-state index contributed by atoms with van der Waals surface area (Å²) < 4.78 is 3.46. The fraction of sp³-hybridized carbons (Fsp3) is 0.350. The maximum absolute atomic E-state index is 12.6.